The van der Waals surface area contributed by atoms with Gasteiger partial charge in [0.05, 0.1) is 0 Å². The van der Waals surface area contributed by atoms with Gasteiger partial charge in [0.15, 0.2) is 0 Å². The molecule has 4 nitrogen and oxygen atoms in total. The molecule has 4 heteroatoms. The van der Waals surface area contributed by atoms with Gasteiger partial charge in [-0.25, -0.2) is 0 Å². The molecule has 1 heterocycles. The molecule has 0 aliphatic rings. The minimum absolute atomic E-state index is 0.390. The third-order valence-corrected chi connectivity index (χ3v) is 4.29. The number of carbonyl (C=O) groups excluding carboxylic acids is 1. The van der Waals surface area contributed by atoms with E-state index in [9.17, 15) is 4.79 Å². The summed E-state index contributed by atoms with van der Waals surface area (Å²) < 4.78 is 2.28. The Balaban J connectivity index is 1.90. The number of aromatic nitrogens is 1. The number of nitrogens with zero attached hydrogens (tertiary/aromatic N) is 2. The van der Waals surface area contributed by atoms with Crippen molar-refractivity contribution < 1.29 is 4.79 Å². The second kappa shape index (κ2) is 6.89. The predicted molar refractivity (Wildman–Crippen MR) is 98.3 cm³/mol. The van der Waals surface area contributed by atoms with Crippen LogP contribution in [-0.4, -0.2) is 36.0 Å². The van der Waals surface area contributed by atoms with Crippen LogP contribution in [0.25, 0.3) is 10.9 Å². The maximum atomic E-state index is 11.2. The standard InChI is InChI=1S/C20H23N3O/c1-22(2)12-11-17-14-23(19-6-4-3-5-18(17)19)13-15-7-9-16(10-8-15)20(21)24/h3-10,14H,11-13H2,1-2H3,(H2,21,24). The Hall–Kier alpha value is -2.59. The minimum atomic E-state index is -0.390. The summed E-state index contributed by atoms with van der Waals surface area (Å²) >= 11 is 0. The molecular formula is C20H23N3O. The van der Waals surface area contributed by atoms with Crippen molar-refractivity contribution in [2.75, 3.05) is 20.6 Å². The molecule has 0 aliphatic heterocycles. The summed E-state index contributed by atoms with van der Waals surface area (Å²) in [6.45, 7) is 1.81. The number of benzene rings is 2. The second-order valence-corrected chi connectivity index (χ2v) is 6.41. The van der Waals surface area contributed by atoms with Crippen LogP contribution in [0.1, 0.15) is 21.5 Å². The lowest BCUT2D eigenvalue weighted by Gasteiger charge is -2.08. The third-order valence-electron chi connectivity index (χ3n) is 4.29. The van der Waals surface area contributed by atoms with Crippen molar-refractivity contribution in [3.05, 3.63) is 71.4 Å². The number of fused-ring (bicyclic) bond motifs is 1. The lowest BCUT2D eigenvalue weighted by Crippen LogP contribution is -2.14. The van der Waals surface area contributed by atoms with Crippen LogP contribution in [0.3, 0.4) is 0 Å². The van der Waals surface area contributed by atoms with E-state index in [4.69, 9.17) is 5.73 Å². The highest BCUT2D eigenvalue weighted by molar-refractivity contribution is 5.92. The first-order valence-electron chi connectivity index (χ1n) is 8.15. The summed E-state index contributed by atoms with van der Waals surface area (Å²) in [6.07, 6.45) is 3.28. The molecule has 2 aromatic carbocycles. The summed E-state index contributed by atoms with van der Waals surface area (Å²) in [6, 6.07) is 16.0. The topological polar surface area (TPSA) is 51.3 Å². The Morgan fingerprint density at radius 2 is 1.79 bits per heavy atom. The van der Waals surface area contributed by atoms with Gasteiger partial charge in [-0.15, -0.1) is 0 Å². The van der Waals surface area contributed by atoms with Crippen LogP contribution in [0.15, 0.2) is 54.7 Å². The lowest BCUT2D eigenvalue weighted by atomic mass is 10.1. The van der Waals surface area contributed by atoms with E-state index < -0.39 is 0 Å². The normalized spacial score (nSPS) is 11.3. The van der Waals surface area contributed by atoms with Gasteiger partial charge >= 0.3 is 0 Å². The molecule has 3 rings (SSSR count). The average molecular weight is 321 g/mol. The van der Waals surface area contributed by atoms with Crippen molar-refractivity contribution in [1.82, 2.24) is 9.47 Å². The molecule has 0 radical (unpaired) electrons. The molecule has 0 atom stereocenters. The third kappa shape index (κ3) is 3.49. The highest BCUT2D eigenvalue weighted by Crippen LogP contribution is 2.23. The summed E-state index contributed by atoms with van der Waals surface area (Å²) in [4.78, 5) is 13.4. The van der Waals surface area contributed by atoms with E-state index in [0.717, 1.165) is 25.1 Å². The van der Waals surface area contributed by atoms with Crippen LogP contribution < -0.4 is 5.73 Å². The fourth-order valence-electron chi connectivity index (χ4n) is 2.97. The molecule has 2 N–H and O–H groups in total. The van der Waals surface area contributed by atoms with Crippen LogP contribution >= 0.6 is 0 Å². The van der Waals surface area contributed by atoms with Crippen LogP contribution in [0, 0.1) is 0 Å². The predicted octanol–water partition coefficient (Wildman–Crippen LogP) is 2.89. The summed E-state index contributed by atoms with van der Waals surface area (Å²) in [5, 5.41) is 1.31. The zero-order valence-electron chi connectivity index (χ0n) is 14.2. The first kappa shape index (κ1) is 16.3. The van der Waals surface area contributed by atoms with E-state index in [1.54, 1.807) is 12.1 Å². The quantitative estimate of drug-likeness (QED) is 0.759. The molecular weight excluding hydrogens is 298 g/mol. The van der Waals surface area contributed by atoms with Gasteiger partial charge in [-0.2, -0.15) is 0 Å². The zero-order chi connectivity index (χ0) is 17.1. The lowest BCUT2D eigenvalue weighted by molar-refractivity contribution is 0.100. The maximum Gasteiger partial charge on any atom is 0.248 e. The smallest absolute Gasteiger partial charge is 0.248 e. The van der Waals surface area contributed by atoms with E-state index in [2.05, 4.69) is 54.0 Å². The number of hydrogen-bond acceptors (Lipinski definition) is 2. The first-order chi connectivity index (χ1) is 11.5. The van der Waals surface area contributed by atoms with Gasteiger partial charge in [-0.1, -0.05) is 30.3 Å². The van der Waals surface area contributed by atoms with Crippen molar-refractivity contribution >= 4 is 16.8 Å². The van der Waals surface area contributed by atoms with E-state index in [1.165, 1.54) is 16.5 Å². The number of likely N-dealkylation sites (N-methyl/N-ethyl adjacent to an activating group) is 1. The van der Waals surface area contributed by atoms with E-state index in [-0.39, 0.29) is 5.91 Å². The first-order valence-corrected chi connectivity index (χ1v) is 8.15. The Morgan fingerprint density at radius 1 is 1.08 bits per heavy atom. The molecule has 1 amide bonds. The monoisotopic (exact) mass is 321 g/mol. The molecule has 0 fully saturated rings. The summed E-state index contributed by atoms with van der Waals surface area (Å²) in [7, 11) is 4.19. The Kier molecular flexibility index (Phi) is 4.67. The molecule has 0 spiro atoms. The Morgan fingerprint density at radius 3 is 2.46 bits per heavy atom. The van der Waals surface area contributed by atoms with Gasteiger partial charge in [0.2, 0.25) is 5.91 Å². The number of amides is 1. The number of carbonyl (C=O) groups is 1. The molecule has 0 unspecified atom stereocenters. The Labute approximate surface area is 142 Å². The van der Waals surface area contributed by atoms with Crippen molar-refractivity contribution in [1.29, 1.82) is 0 Å². The molecule has 1 aromatic heterocycles. The molecule has 124 valence electrons. The van der Waals surface area contributed by atoms with E-state index >= 15 is 0 Å². The average Bonchev–Trinajstić information content (AvgIpc) is 2.91. The van der Waals surface area contributed by atoms with Crippen molar-refractivity contribution in [3.63, 3.8) is 0 Å². The van der Waals surface area contributed by atoms with Gasteiger partial charge < -0.3 is 15.2 Å². The van der Waals surface area contributed by atoms with Crippen LogP contribution in [-0.2, 0) is 13.0 Å². The maximum absolute atomic E-state index is 11.2. The number of rotatable bonds is 6. The summed E-state index contributed by atoms with van der Waals surface area (Å²) in [5.74, 6) is -0.390. The van der Waals surface area contributed by atoms with E-state index in [1.807, 2.05) is 12.1 Å². The zero-order valence-corrected chi connectivity index (χ0v) is 14.2. The molecule has 0 saturated heterocycles. The second-order valence-electron chi connectivity index (χ2n) is 6.41. The highest BCUT2D eigenvalue weighted by atomic mass is 16.1. The molecule has 0 bridgehead atoms. The largest absolute Gasteiger partial charge is 0.366 e. The minimum Gasteiger partial charge on any atom is -0.366 e. The molecule has 0 aliphatic carbocycles. The van der Waals surface area contributed by atoms with Gasteiger partial charge in [0.1, 0.15) is 0 Å². The number of primary amides is 1. The van der Waals surface area contributed by atoms with E-state index in [0.29, 0.717) is 5.56 Å². The van der Waals surface area contributed by atoms with Gasteiger partial charge in [0.25, 0.3) is 0 Å². The number of nitrogens with two attached hydrogens (primary N) is 1. The van der Waals surface area contributed by atoms with Crippen LogP contribution in [0.5, 0.6) is 0 Å². The van der Waals surface area contributed by atoms with Gasteiger partial charge in [0, 0.05) is 35.8 Å². The number of para-hydroxylation sites is 1. The van der Waals surface area contributed by atoms with Gasteiger partial charge in [-0.05, 0) is 49.8 Å². The SMILES string of the molecule is CN(C)CCc1cn(Cc2ccc(C(N)=O)cc2)c2ccccc12. The fraction of sp³-hybridized carbons (Fsp3) is 0.250. The van der Waals surface area contributed by atoms with Crippen molar-refractivity contribution in [2.24, 2.45) is 5.73 Å². The van der Waals surface area contributed by atoms with Crippen LogP contribution in [0.2, 0.25) is 0 Å². The van der Waals surface area contributed by atoms with Gasteiger partial charge in [-0.3, -0.25) is 4.79 Å². The van der Waals surface area contributed by atoms with Crippen molar-refractivity contribution in [3.8, 4) is 0 Å². The Bertz CT molecular complexity index is 847. The van der Waals surface area contributed by atoms with Crippen LogP contribution in [0.4, 0.5) is 0 Å². The fourth-order valence-corrected chi connectivity index (χ4v) is 2.97. The molecule has 24 heavy (non-hydrogen) atoms. The highest BCUT2D eigenvalue weighted by Gasteiger charge is 2.09. The van der Waals surface area contributed by atoms with Crippen molar-refractivity contribution in [2.45, 2.75) is 13.0 Å². The molecule has 0 saturated carbocycles. The molecule has 3 aromatic rings. The summed E-state index contributed by atoms with van der Waals surface area (Å²) in [5.41, 5.74) is 9.61. The number of hydrogen-bond donors (Lipinski definition) is 1.